The van der Waals surface area contributed by atoms with E-state index in [2.05, 4.69) is 21.2 Å². The summed E-state index contributed by atoms with van der Waals surface area (Å²) in [7, 11) is 1.40. The number of ether oxygens (including phenoxy) is 1. The van der Waals surface area contributed by atoms with Gasteiger partial charge in [0.2, 0.25) is 0 Å². The minimum absolute atomic E-state index is 0.305. The van der Waals surface area contributed by atoms with Gasteiger partial charge in [0.15, 0.2) is 0 Å². The first-order chi connectivity index (χ1) is 13.6. The largest absolute Gasteiger partial charge is 0.468 e. The minimum atomic E-state index is -0.580. The highest BCUT2D eigenvalue weighted by molar-refractivity contribution is 9.10. The minimum Gasteiger partial charge on any atom is -0.468 e. The number of carbonyl (C=O) groups excluding carboxylic acids is 1. The number of carbonyl (C=O) groups is 1. The molecule has 3 rings (SSSR count). The van der Waals surface area contributed by atoms with E-state index in [9.17, 15) is 4.79 Å². The van der Waals surface area contributed by atoms with Crippen molar-refractivity contribution in [3.8, 4) is 0 Å². The van der Waals surface area contributed by atoms with Crippen LogP contribution in [0.5, 0.6) is 0 Å². The third-order valence-corrected chi connectivity index (χ3v) is 5.50. The van der Waals surface area contributed by atoms with Crippen LogP contribution in [0.15, 0.2) is 83.3 Å². The second-order valence-electron chi connectivity index (χ2n) is 6.42. The molecule has 0 amide bonds. The molecule has 0 spiro atoms. The van der Waals surface area contributed by atoms with Crippen LogP contribution in [0.25, 0.3) is 0 Å². The van der Waals surface area contributed by atoms with Gasteiger partial charge in [-0.05, 0) is 34.9 Å². The predicted molar refractivity (Wildman–Crippen MR) is 116 cm³/mol. The molecule has 0 aromatic heterocycles. The first kappa shape index (κ1) is 20.6. The molecule has 0 aliphatic rings. The lowest BCUT2D eigenvalue weighted by atomic mass is 9.86. The molecule has 0 fully saturated rings. The van der Waals surface area contributed by atoms with E-state index in [1.165, 1.54) is 7.11 Å². The molecule has 0 unspecified atom stereocenters. The van der Waals surface area contributed by atoms with Crippen molar-refractivity contribution in [1.82, 2.24) is 5.32 Å². The lowest BCUT2D eigenvalue weighted by Crippen LogP contribution is -2.32. The van der Waals surface area contributed by atoms with Gasteiger partial charge in [-0.15, -0.1) is 0 Å². The van der Waals surface area contributed by atoms with Gasteiger partial charge in [0.05, 0.1) is 7.11 Å². The van der Waals surface area contributed by atoms with E-state index in [1.807, 2.05) is 72.8 Å². The molecule has 0 heterocycles. The standard InChI is InChI=1S/C23H21BrClNO2/c1-28-23(27)21(19-9-5-6-10-20(19)25)22(17-11-13-18(24)14-12-17)26-15-16-7-3-2-4-8-16/h2-14,21-22,26H,15H2,1H3/t21-,22+/m0/s1. The molecule has 5 heteroatoms. The van der Waals surface area contributed by atoms with Gasteiger partial charge >= 0.3 is 5.97 Å². The van der Waals surface area contributed by atoms with Gasteiger partial charge in [0.25, 0.3) is 0 Å². The Hall–Kier alpha value is -2.14. The van der Waals surface area contributed by atoms with Crippen LogP contribution in [-0.4, -0.2) is 13.1 Å². The molecule has 0 aliphatic carbocycles. The maximum atomic E-state index is 12.8. The van der Waals surface area contributed by atoms with Crippen LogP contribution >= 0.6 is 27.5 Å². The average Bonchev–Trinajstić information content (AvgIpc) is 2.73. The first-order valence-electron chi connectivity index (χ1n) is 8.95. The number of nitrogens with one attached hydrogen (secondary N) is 1. The second-order valence-corrected chi connectivity index (χ2v) is 7.74. The number of hydrogen-bond acceptors (Lipinski definition) is 3. The zero-order valence-electron chi connectivity index (χ0n) is 15.4. The van der Waals surface area contributed by atoms with E-state index in [1.54, 1.807) is 6.07 Å². The van der Waals surface area contributed by atoms with Gasteiger partial charge in [-0.1, -0.05) is 88.2 Å². The van der Waals surface area contributed by atoms with Crippen molar-refractivity contribution in [2.45, 2.75) is 18.5 Å². The van der Waals surface area contributed by atoms with Crippen LogP contribution in [0, 0.1) is 0 Å². The van der Waals surface area contributed by atoms with Crippen LogP contribution in [0.2, 0.25) is 5.02 Å². The second kappa shape index (κ2) is 9.87. The lowest BCUT2D eigenvalue weighted by molar-refractivity contribution is -0.143. The Morgan fingerprint density at radius 3 is 2.29 bits per heavy atom. The van der Waals surface area contributed by atoms with Gasteiger partial charge < -0.3 is 10.1 Å². The molecule has 144 valence electrons. The molecule has 0 radical (unpaired) electrons. The van der Waals surface area contributed by atoms with Gasteiger partial charge in [0, 0.05) is 22.1 Å². The maximum absolute atomic E-state index is 12.8. The number of methoxy groups -OCH3 is 1. The summed E-state index contributed by atoms with van der Waals surface area (Å²) >= 11 is 9.92. The topological polar surface area (TPSA) is 38.3 Å². The number of rotatable bonds is 7. The zero-order valence-corrected chi connectivity index (χ0v) is 17.8. The Kier molecular flexibility index (Phi) is 7.26. The lowest BCUT2D eigenvalue weighted by Gasteiger charge is -2.28. The molecule has 3 aromatic carbocycles. The number of esters is 1. The quantitative estimate of drug-likeness (QED) is 0.449. The Bertz CT molecular complexity index is 915. The third-order valence-electron chi connectivity index (χ3n) is 4.63. The third kappa shape index (κ3) is 5.02. The highest BCUT2D eigenvalue weighted by atomic mass is 79.9. The Balaban J connectivity index is 2.02. The molecule has 0 aliphatic heterocycles. The Labute approximate surface area is 178 Å². The number of halogens is 2. The molecule has 3 aromatic rings. The number of hydrogen-bond donors (Lipinski definition) is 1. The summed E-state index contributed by atoms with van der Waals surface area (Å²) in [4.78, 5) is 12.8. The fraction of sp³-hybridized carbons (Fsp3) is 0.174. The average molecular weight is 459 g/mol. The summed E-state index contributed by atoms with van der Waals surface area (Å²) in [6.45, 7) is 0.611. The molecule has 28 heavy (non-hydrogen) atoms. The monoisotopic (exact) mass is 457 g/mol. The number of benzene rings is 3. The molecule has 2 atom stereocenters. The van der Waals surface area contributed by atoms with Crippen molar-refractivity contribution in [2.75, 3.05) is 7.11 Å². The predicted octanol–water partition coefficient (Wildman–Crippen LogP) is 5.89. The summed E-state index contributed by atoms with van der Waals surface area (Å²) in [5.41, 5.74) is 2.85. The highest BCUT2D eigenvalue weighted by Gasteiger charge is 2.33. The SMILES string of the molecule is COC(=O)[C@@H](c1ccccc1Cl)[C@H](NCc1ccccc1)c1ccc(Br)cc1. The fourth-order valence-electron chi connectivity index (χ4n) is 3.22. The van der Waals surface area contributed by atoms with E-state index in [0.717, 1.165) is 21.2 Å². The molecule has 0 bridgehead atoms. The van der Waals surface area contributed by atoms with Gasteiger partial charge in [-0.3, -0.25) is 4.79 Å². The highest BCUT2D eigenvalue weighted by Crippen LogP contribution is 2.36. The first-order valence-corrected chi connectivity index (χ1v) is 10.1. The van der Waals surface area contributed by atoms with Crippen molar-refractivity contribution in [3.05, 3.63) is 105 Å². The molecular weight excluding hydrogens is 438 g/mol. The van der Waals surface area contributed by atoms with Crippen molar-refractivity contribution >= 4 is 33.5 Å². The van der Waals surface area contributed by atoms with E-state index >= 15 is 0 Å². The maximum Gasteiger partial charge on any atom is 0.315 e. The van der Waals surface area contributed by atoms with Crippen LogP contribution < -0.4 is 5.32 Å². The van der Waals surface area contributed by atoms with Gasteiger partial charge in [-0.2, -0.15) is 0 Å². The van der Waals surface area contributed by atoms with E-state index in [0.29, 0.717) is 11.6 Å². The van der Waals surface area contributed by atoms with Crippen molar-refractivity contribution < 1.29 is 9.53 Å². The van der Waals surface area contributed by atoms with E-state index < -0.39 is 5.92 Å². The van der Waals surface area contributed by atoms with Crippen LogP contribution in [0.3, 0.4) is 0 Å². The summed E-state index contributed by atoms with van der Waals surface area (Å²) < 4.78 is 6.13. The molecular formula is C23H21BrClNO2. The van der Waals surface area contributed by atoms with Crippen LogP contribution in [0.1, 0.15) is 28.7 Å². The summed E-state index contributed by atoms with van der Waals surface area (Å²) in [5, 5.41) is 4.08. The normalized spacial score (nSPS) is 13.0. The zero-order chi connectivity index (χ0) is 19.9. The van der Waals surface area contributed by atoms with Gasteiger partial charge in [0.1, 0.15) is 5.92 Å². The van der Waals surface area contributed by atoms with Crippen molar-refractivity contribution in [2.24, 2.45) is 0 Å². The smallest absolute Gasteiger partial charge is 0.315 e. The van der Waals surface area contributed by atoms with Crippen molar-refractivity contribution in [1.29, 1.82) is 0 Å². The molecule has 1 N–H and O–H groups in total. The van der Waals surface area contributed by atoms with E-state index in [-0.39, 0.29) is 12.0 Å². The Morgan fingerprint density at radius 2 is 1.64 bits per heavy atom. The van der Waals surface area contributed by atoms with Gasteiger partial charge in [-0.25, -0.2) is 0 Å². The van der Waals surface area contributed by atoms with Crippen LogP contribution in [0.4, 0.5) is 0 Å². The molecule has 0 saturated carbocycles. The summed E-state index contributed by atoms with van der Waals surface area (Å²) in [6.07, 6.45) is 0. The Morgan fingerprint density at radius 1 is 1.00 bits per heavy atom. The summed E-state index contributed by atoms with van der Waals surface area (Å²) in [6, 6.07) is 25.1. The molecule has 0 saturated heterocycles. The van der Waals surface area contributed by atoms with Crippen molar-refractivity contribution in [3.63, 3.8) is 0 Å². The summed E-state index contributed by atoms with van der Waals surface area (Å²) in [5.74, 6) is -0.912. The van der Waals surface area contributed by atoms with E-state index in [4.69, 9.17) is 16.3 Å². The fourth-order valence-corrected chi connectivity index (χ4v) is 3.74. The van der Waals surface area contributed by atoms with Crippen LogP contribution in [-0.2, 0) is 16.1 Å². The molecule has 3 nitrogen and oxygen atoms in total.